The van der Waals surface area contributed by atoms with Gasteiger partial charge < -0.3 is 0 Å². The van der Waals surface area contributed by atoms with E-state index in [1.165, 1.54) is 5.56 Å². The summed E-state index contributed by atoms with van der Waals surface area (Å²) in [6.45, 7) is 9.20. The molecule has 0 aliphatic rings. The zero-order chi connectivity index (χ0) is 9.68. The maximum absolute atomic E-state index is 3.92. The molecule has 0 aliphatic heterocycles. The maximum Gasteiger partial charge on any atom is 0.0694 e. The van der Waals surface area contributed by atoms with Crippen molar-refractivity contribution in [3.05, 3.63) is 54.1 Å². The Hall–Kier alpha value is -1.63. The van der Waals surface area contributed by atoms with Gasteiger partial charge in [0.25, 0.3) is 0 Å². The van der Waals surface area contributed by atoms with Crippen molar-refractivity contribution in [1.29, 1.82) is 0 Å². The monoisotopic (exact) mass is 171 g/mol. The summed E-state index contributed by atoms with van der Waals surface area (Å²) in [5.74, 6) is 0. The fourth-order valence-corrected chi connectivity index (χ4v) is 1.08. The number of aliphatic imine (C=N–C) groups is 1. The highest BCUT2D eigenvalue weighted by Crippen LogP contribution is 2.15. The fourth-order valence-electron chi connectivity index (χ4n) is 1.08. The highest BCUT2D eigenvalue weighted by Gasteiger charge is 1.95. The Balaban J connectivity index is 3.06. The number of hydrogen-bond acceptors (Lipinski definition) is 1. The van der Waals surface area contributed by atoms with Crippen molar-refractivity contribution in [3.63, 3.8) is 0 Å². The van der Waals surface area contributed by atoms with E-state index < -0.39 is 0 Å². The minimum Gasteiger partial charge on any atom is -0.264 e. The molecule has 0 N–H and O–H groups in total. The van der Waals surface area contributed by atoms with Gasteiger partial charge in [0.1, 0.15) is 0 Å². The average Bonchev–Trinajstić information content (AvgIpc) is 2.16. The van der Waals surface area contributed by atoms with E-state index in [1.807, 2.05) is 18.2 Å². The van der Waals surface area contributed by atoms with Gasteiger partial charge in [0, 0.05) is 5.56 Å². The third-order valence-electron chi connectivity index (χ3n) is 1.79. The van der Waals surface area contributed by atoms with Crippen LogP contribution in [0.3, 0.4) is 0 Å². The van der Waals surface area contributed by atoms with Crippen molar-refractivity contribution in [1.82, 2.24) is 0 Å². The summed E-state index contributed by atoms with van der Waals surface area (Å²) >= 11 is 0. The molecule has 0 amide bonds. The number of allylic oxidation sites excluding steroid dienone is 2. The SMILES string of the molecule is C=C/C=C(\N=C)c1ccc(C)cc1. The van der Waals surface area contributed by atoms with Gasteiger partial charge in [-0.2, -0.15) is 0 Å². The predicted octanol–water partition coefficient (Wildman–Crippen LogP) is 3.22. The Kier molecular flexibility index (Phi) is 3.21. The van der Waals surface area contributed by atoms with E-state index in [9.17, 15) is 0 Å². The summed E-state index contributed by atoms with van der Waals surface area (Å²) in [4.78, 5) is 3.92. The first kappa shape index (κ1) is 9.46. The van der Waals surface area contributed by atoms with Crippen molar-refractivity contribution in [3.8, 4) is 0 Å². The van der Waals surface area contributed by atoms with Crippen molar-refractivity contribution in [2.75, 3.05) is 0 Å². The molecule has 1 aromatic rings. The zero-order valence-electron chi connectivity index (χ0n) is 7.83. The molecular weight excluding hydrogens is 158 g/mol. The Morgan fingerprint density at radius 1 is 1.31 bits per heavy atom. The molecule has 0 heterocycles. The normalized spacial score (nSPS) is 11.0. The highest BCUT2D eigenvalue weighted by atomic mass is 14.7. The van der Waals surface area contributed by atoms with E-state index in [4.69, 9.17) is 0 Å². The molecule has 0 aliphatic carbocycles. The Bertz CT molecular complexity index is 331. The first-order valence-electron chi connectivity index (χ1n) is 4.14. The average molecular weight is 171 g/mol. The van der Waals surface area contributed by atoms with Crippen LogP contribution in [-0.4, -0.2) is 6.72 Å². The van der Waals surface area contributed by atoms with E-state index in [0.717, 1.165) is 11.3 Å². The molecule has 0 bridgehead atoms. The Labute approximate surface area is 79.1 Å². The smallest absolute Gasteiger partial charge is 0.0694 e. The van der Waals surface area contributed by atoms with E-state index in [2.05, 4.69) is 37.3 Å². The second-order valence-electron chi connectivity index (χ2n) is 2.81. The minimum atomic E-state index is 0.856. The largest absolute Gasteiger partial charge is 0.264 e. The molecule has 1 heteroatoms. The van der Waals surface area contributed by atoms with Crippen LogP contribution >= 0.6 is 0 Å². The summed E-state index contributed by atoms with van der Waals surface area (Å²) in [5, 5.41) is 0. The maximum atomic E-state index is 3.92. The number of nitrogens with zero attached hydrogens (tertiary/aromatic N) is 1. The molecule has 13 heavy (non-hydrogen) atoms. The van der Waals surface area contributed by atoms with Gasteiger partial charge in [-0.1, -0.05) is 42.5 Å². The third-order valence-corrected chi connectivity index (χ3v) is 1.79. The summed E-state index contributed by atoms with van der Waals surface area (Å²) in [6.07, 6.45) is 3.56. The second-order valence-corrected chi connectivity index (χ2v) is 2.81. The Morgan fingerprint density at radius 3 is 2.38 bits per heavy atom. The molecule has 0 atom stereocenters. The zero-order valence-corrected chi connectivity index (χ0v) is 7.83. The van der Waals surface area contributed by atoms with Crippen LogP contribution in [0, 0.1) is 6.92 Å². The Morgan fingerprint density at radius 2 is 1.92 bits per heavy atom. The molecule has 1 nitrogen and oxygen atoms in total. The summed E-state index contributed by atoms with van der Waals surface area (Å²) in [7, 11) is 0. The topological polar surface area (TPSA) is 12.4 Å². The molecule has 0 unspecified atom stereocenters. The summed E-state index contributed by atoms with van der Waals surface area (Å²) in [6, 6.07) is 8.16. The molecule has 1 aromatic carbocycles. The van der Waals surface area contributed by atoms with Crippen LogP contribution in [0.2, 0.25) is 0 Å². The molecule has 0 aromatic heterocycles. The second kappa shape index (κ2) is 4.41. The fraction of sp³-hybridized carbons (Fsp3) is 0.0833. The quantitative estimate of drug-likeness (QED) is 0.489. The standard InChI is InChI=1S/C12H13N/c1-4-5-12(13-3)11-8-6-10(2)7-9-11/h4-9H,1,3H2,2H3/b12-5-. The molecule has 1 rings (SSSR count). The van der Waals surface area contributed by atoms with Crippen LogP contribution in [0.5, 0.6) is 0 Å². The van der Waals surface area contributed by atoms with Gasteiger partial charge in [-0.3, -0.25) is 4.99 Å². The summed E-state index contributed by atoms with van der Waals surface area (Å²) < 4.78 is 0. The molecule has 0 saturated heterocycles. The van der Waals surface area contributed by atoms with Crippen LogP contribution in [0.4, 0.5) is 0 Å². The lowest BCUT2D eigenvalue weighted by atomic mass is 10.1. The minimum absolute atomic E-state index is 0.856. The van der Waals surface area contributed by atoms with Crippen LogP contribution in [0.25, 0.3) is 5.70 Å². The van der Waals surface area contributed by atoms with Gasteiger partial charge >= 0.3 is 0 Å². The van der Waals surface area contributed by atoms with Gasteiger partial charge in [-0.25, -0.2) is 0 Å². The number of hydrogen-bond donors (Lipinski definition) is 0. The van der Waals surface area contributed by atoms with Crippen molar-refractivity contribution in [2.24, 2.45) is 4.99 Å². The van der Waals surface area contributed by atoms with Gasteiger partial charge in [0.2, 0.25) is 0 Å². The van der Waals surface area contributed by atoms with Crippen LogP contribution in [0.15, 0.2) is 48.0 Å². The molecule has 0 fully saturated rings. The lowest BCUT2D eigenvalue weighted by Gasteiger charge is -2.00. The molecule has 66 valence electrons. The first-order valence-corrected chi connectivity index (χ1v) is 4.14. The lowest BCUT2D eigenvalue weighted by Crippen LogP contribution is -1.80. The molecular formula is C12H13N. The van der Waals surface area contributed by atoms with Gasteiger partial charge in [-0.15, -0.1) is 0 Å². The highest BCUT2D eigenvalue weighted by molar-refractivity contribution is 5.69. The van der Waals surface area contributed by atoms with Gasteiger partial charge in [0.05, 0.1) is 5.70 Å². The first-order chi connectivity index (χ1) is 6.27. The number of rotatable bonds is 3. The molecule has 0 spiro atoms. The summed E-state index contributed by atoms with van der Waals surface area (Å²) in [5.41, 5.74) is 3.17. The third kappa shape index (κ3) is 2.41. The van der Waals surface area contributed by atoms with Crippen molar-refractivity contribution < 1.29 is 0 Å². The van der Waals surface area contributed by atoms with Crippen molar-refractivity contribution in [2.45, 2.75) is 6.92 Å². The van der Waals surface area contributed by atoms with Crippen LogP contribution in [-0.2, 0) is 0 Å². The van der Waals surface area contributed by atoms with E-state index in [-0.39, 0.29) is 0 Å². The number of aryl methyl sites for hydroxylation is 1. The van der Waals surface area contributed by atoms with E-state index in [0.29, 0.717) is 0 Å². The molecule has 0 saturated carbocycles. The van der Waals surface area contributed by atoms with Crippen LogP contribution in [0.1, 0.15) is 11.1 Å². The van der Waals surface area contributed by atoms with E-state index in [1.54, 1.807) is 6.08 Å². The van der Waals surface area contributed by atoms with Crippen LogP contribution < -0.4 is 0 Å². The predicted molar refractivity (Wildman–Crippen MR) is 58.9 cm³/mol. The van der Waals surface area contributed by atoms with Crippen molar-refractivity contribution >= 4 is 12.4 Å². The number of benzene rings is 1. The van der Waals surface area contributed by atoms with Gasteiger partial charge in [0.15, 0.2) is 0 Å². The van der Waals surface area contributed by atoms with E-state index >= 15 is 0 Å². The molecule has 0 radical (unpaired) electrons. The van der Waals surface area contributed by atoms with Gasteiger partial charge in [-0.05, 0) is 19.7 Å². The lowest BCUT2D eigenvalue weighted by molar-refractivity contribution is 1.43.